The Labute approximate surface area is 211 Å². The number of benzene rings is 2. The molecule has 0 unspecified atom stereocenters. The van der Waals surface area contributed by atoms with Crippen LogP contribution in [0.15, 0.2) is 73.3 Å². The Morgan fingerprint density at radius 2 is 1.67 bits per heavy atom. The number of aryl methyl sites for hydroxylation is 1. The molecule has 1 aliphatic heterocycles. The summed E-state index contributed by atoms with van der Waals surface area (Å²) in [6.07, 6.45) is 1.63. The average Bonchev–Trinajstić information content (AvgIpc) is 2.93. The Morgan fingerprint density at radius 1 is 0.972 bits per heavy atom. The number of methoxy groups -OCH3 is 1. The minimum atomic E-state index is -0.214. The van der Waals surface area contributed by atoms with Gasteiger partial charge in [0.05, 0.1) is 12.8 Å². The van der Waals surface area contributed by atoms with Crippen molar-refractivity contribution in [1.82, 2.24) is 20.0 Å². The fraction of sp³-hybridized carbons (Fsp3) is 0.286. The van der Waals surface area contributed by atoms with Crippen LogP contribution in [0.3, 0.4) is 0 Å². The zero-order valence-corrected chi connectivity index (χ0v) is 20.8. The lowest BCUT2D eigenvalue weighted by Gasteiger charge is -2.36. The van der Waals surface area contributed by atoms with Gasteiger partial charge in [0.25, 0.3) is 5.91 Å². The van der Waals surface area contributed by atoms with E-state index < -0.39 is 0 Å². The third-order valence-corrected chi connectivity index (χ3v) is 6.25. The Morgan fingerprint density at radius 3 is 2.25 bits per heavy atom. The van der Waals surface area contributed by atoms with Crippen LogP contribution >= 0.6 is 0 Å². The number of amides is 2. The molecule has 0 spiro atoms. The highest BCUT2D eigenvalue weighted by atomic mass is 16.5. The molecular weight excluding hydrogens is 454 g/mol. The quantitative estimate of drug-likeness (QED) is 0.455. The molecule has 1 saturated heterocycles. The molecule has 4 rings (SSSR count). The van der Waals surface area contributed by atoms with Gasteiger partial charge in [0.1, 0.15) is 12.3 Å². The van der Waals surface area contributed by atoms with E-state index in [1.807, 2.05) is 24.3 Å². The maximum atomic E-state index is 13.0. The fourth-order valence-electron chi connectivity index (χ4n) is 4.11. The molecule has 2 amide bonds. The molecule has 8 nitrogen and oxygen atoms in total. The number of hydrogen-bond donors (Lipinski definition) is 0. The SMILES string of the molecule is C=CCN(CC(=O)N1CCN(c2ccc(-c3ccc(C)cc3)nn2)CC1)C(=O)c1ccc(OC)cc1. The highest BCUT2D eigenvalue weighted by molar-refractivity contribution is 5.96. The van der Waals surface area contributed by atoms with Gasteiger partial charge in [-0.3, -0.25) is 9.59 Å². The molecule has 1 aliphatic rings. The number of anilines is 1. The smallest absolute Gasteiger partial charge is 0.254 e. The largest absolute Gasteiger partial charge is 0.497 e. The Hall–Kier alpha value is -4.20. The van der Waals surface area contributed by atoms with Gasteiger partial charge in [-0.1, -0.05) is 35.9 Å². The van der Waals surface area contributed by atoms with Crippen molar-refractivity contribution in [1.29, 1.82) is 0 Å². The molecule has 186 valence electrons. The molecule has 0 bridgehead atoms. The van der Waals surface area contributed by atoms with Crippen molar-refractivity contribution in [3.8, 4) is 17.0 Å². The van der Waals surface area contributed by atoms with E-state index in [1.54, 1.807) is 42.4 Å². The van der Waals surface area contributed by atoms with Crippen molar-refractivity contribution in [2.24, 2.45) is 0 Å². The van der Waals surface area contributed by atoms with Crippen LogP contribution in [0.4, 0.5) is 5.82 Å². The van der Waals surface area contributed by atoms with Gasteiger partial charge in [0.2, 0.25) is 5.91 Å². The summed E-state index contributed by atoms with van der Waals surface area (Å²) in [5.41, 5.74) is 3.57. The molecule has 0 N–H and O–H groups in total. The number of piperazine rings is 1. The van der Waals surface area contributed by atoms with Crippen LogP contribution in [0.25, 0.3) is 11.3 Å². The van der Waals surface area contributed by atoms with Crippen LogP contribution in [0.5, 0.6) is 5.75 Å². The van der Waals surface area contributed by atoms with Crippen molar-refractivity contribution in [2.45, 2.75) is 6.92 Å². The van der Waals surface area contributed by atoms with Gasteiger partial charge in [-0.25, -0.2) is 0 Å². The summed E-state index contributed by atoms with van der Waals surface area (Å²) in [5, 5.41) is 8.81. The van der Waals surface area contributed by atoms with E-state index in [4.69, 9.17) is 4.74 Å². The third-order valence-electron chi connectivity index (χ3n) is 6.25. The van der Waals surface area contributed by atoms with Crippen molar-refractivity contribution < 1.29 is 14.3 Å². The van der Waals surface area contributed by atoms with Crippen molar-refractivity contribution in [3.63, 3.8) is 0 Å². The molecule has 8 heteroatoms. The van der Waals surface area contributed by atoms with Gasteiger partial charge in [-0.15, -0.1) is 16.8 Å². The molecule has 1 fully saturated rings. The fourth-order valence-corrected chi connectivity index (χ4v) is 4.11. The molecule has 0 saturated carbocycles. The summed E-state index contributed by atoms with van der Waals surface area (Å²) < 4.78 is 5.16. The number of carbonyl (C=O) groups is 2. The summed E-state index contributed by atoms with van der Waals surface area (Å²) in [4.78, 5) is 31.4. The second-order valence-electron chi connectivity index (χ2n) is 8.71. The number of hydrogen-bond acceptors (Lipinski definition) is 6. The highest BCUT2D eigenvalue weighted by Crippen LogP contribution is 2.20. The van der Waals surface area contributed by atoms with Crippen LogP contribution < -0.4 is 9.64 Å². The first-order valence-electron chi connectivity index (χ1n) is 12.0. The maximum Gasteiger partial charge on any atom is 0.254 e. The number of ether oxygens (including phenoxy) is 1. The van der Waals surface area contributed by atoms with Gasteiger partial charge >= 0.3 is 0 Å². The van der Waals surface area contributed by atoms with Gasteiger partial charge in [-0.2, -0.15) is 0 Å². The standard InChI is InChI=1S/C28H31N5O3/c1-4-15-33(28(35)23-9-11-24(36-3)12-10-23)20-27(34)32-18-16-31(17-19-32)26-14-13-25(29-30-26)22-7-5-21(2)6-8-22/h4-14H,1,15-20H2,2-3H3. The van der Waals surface area contributed by atoms with Gasteiger partial charge in [0, 0.05) is 43.9 Å². The maximum absolute atomic E-state index is 13.0. The molecule has 36 heavy (non-hydrogen) atoms. The van der Waals surface area contributed by atoms with E-state index in [0.29, 0.717) is 44.0 Å². The first kappa shape index (κ1) is 24.9. The predicted octanol–water partition coefficient (Wildman–Crippen LogP) is 3.44. The summed E-state index contributed by atoms with van der Waals surface area (Å²) in [6, 6.07) is 19.0. The Kier molecular flexibility index (Phi) is 7.95. The van der Waals surface area contributed by atoms with Gasteiger partial charge < -0.3 is 19.4 Å². The van der Waals surface area contributed by atoms with E-state index in [9.17, 15) is 9.59 Å². The average molecular weight is 486 g/mol. The molecule has 2 heterocycles. The Balaban J connectivity index is 1.33. The van der Waals surface area contributed by atoms with Gasteiger partial charge in [0.15, 0.2) is 5.82 Å². The molecule has 2 aromatic carbocycles. The van der Waals surface area contributed by atoms with E-state index in [-0.39, 0.29) is 18.4 Å². The van der Waals surface area contributed by atoms with Crippen LogP contribution in [0, 0.1) is 6.92 Å². The topological polar surface area (TPSA) is 78.9 Å². The van der Waals surface area contributed by atoms with Crippen LogP contribution in [0.2, 0.25) is 0 Å². The number of nitrogens with zero attached hydrogens (tertiary/aromatic N) is 5. The lowest BCUT2D eigenvalue weighted by atomic mass is 10.1. The first-order valence-corrected chi connectivity index (χ1v) is 12.0. The molecule has 1 aromatic heterocycles. The summed E-state index contributed by atoms with van der Waals surface area (Å²) in [5.74, 6) is 1.17. The normalized spacial score (nSPS) is 13.3. The number of rotatable bonds is 8. The van der Waals surface area contributed by atoms with Crippen LogP contribution in [-0.2, 0) is 4.79 Å². The third kappa shape index (κ3) is 5.89. The second-order valence-corrected chi connectivity index (χ2v) is 8.71. The lowest BCUT2D eigenvalue weighted by Crippen LogP contribution is -2.52. The highest BCUT2D eigenvalue weighted by Gasteiger charge is 2.25. The molecule has 3 aromatic rings. The molecular formula is C28H31N5O3. The monoisotopic (exact) mass is 485 g/mol. The zero-order chi connectivity index (χ0) is 25.5. The van der Waals surface area contributed by atoms with Crippen LogP contribution in [-0.4, -0.2) is 78.2 Å². The predicted molar refractivity (Wildman–Crippen MR) is 140 cm³/mol. The van der Waals surface area contributed by atoms with E-state index in [0.717, 1.165) is 17.1 Å². The molecule has 0 radical (unpaired) electrons. The Bertz CT molecular complexity index is 1190. The van der Waals surface area contributed by atoms with Crippen molar-refractivity contribution in [2.75, 3.05) is 51.3 Å². The minimum Gasteiger partial charge on any atom is -0.497 e. The van der Waals surface area contributed by atoms with E-state index in [2.05, 4.69) is 40.7 Å². The summed E-state index contributed by atoms with van der Waals surface area (Å²) >= 11 is 0. The number of carbonyl (C=O) groups excluding carboxylic acids is 2. The summed E-state index contributed by atoms with van der Waals surface area (Å²) in [6.45, 7) is 8.50. The van der Waals surface area contributed by atoms with E-state index >= 15 is 0 Å². The lowest BCUT2D eigenvalue weighted by molar-refractivity contribution is -0.132. The van der Waals surface area contributed by atoms with Crippen LogP contribution in [0.1, 0.15) is 15.9 Å². The number of aromatic nitrogens is 2. The molecule has 0 atom stereocenters. The van der Waals surface area contributed by atoms with Crippen molar-refractivity contribution >= 4 is 17.6 Å². The van der Waals surface area contributed by atoms with Gasteiger partial charge in [-0.05, 0) is 43.3 Å². The van der Waals surface area contributed by atoms with E-state index in [1.165, 1.54) is 10.5 Å². The zero-order valence-electron chi connectivity index (χ0n) is 20.8. The summed E-state index contributed by atoms with van der Waals surface area (Å²) in [7, 11) is 1.58. The second kappa shape index (κ2) is 11.5. The minimum absolute atomic E-state index is 0.00192. The first-order chi connectivity index (χ1) is 17.5. The molecule has 0 aliphatic carbocycles. The van der Waals surface area contributed by atoms with Crippen molar-refractivity contribution in [3.05, 3.63) is 84.4 Å².